The Hall–Kier alpha value is -2.25. The number of rotatable bonds is 2. The zero-order valence-electron chi connectivity index (χ0n) is 9.02. The van der Waals surface area contributed by atoms with Crippen molar-refractivity contribution in [3.05, 3.63) is 52.6 Å². The van der Waals surface area contributed by atoms with Gasteiger partial charge in [0.2, 0.25) is 0 Å². The zero-order valence-corrected chi connectivity index (χ0v) is 9.78. The van der Waals surface area contributed by atoms with Gasteiger partial charge in [0.15, 0.2) is 6.29 Å². The second-order valence-electron chi connectivity index (χ2n) is 3.53. The molecule has 0 unspecified atom stereocenters. The summed E-state index contributed by atoms with van der Waals surface area (Å²) in [5, 5.41) is 8.95. The third kappa shape index (κ3) is 2.36. The normalized spacial score (nSPS) is 9.83. The molecule has 0 radical (unpaired) electrons. The Morgan fingerprint density at radius 1 is 1.33 bits per heavy atom. The van der Waals surface area contributed by atoms with Gasteiger partial charge >= 0.3 is 0 Å². The summed E-state index contributed by atoms with van der Waals surface area (Å²) in [5.74, 6) is -0.499. The summed E-state index contributed by atoms with van der Waals surface area (Å²) in [4.78, 5) is 14.7. The van der Waals surface area contributed by atoms with E-state index in [0.717, 1.165) is 6.07 Å². The quantitative estimate of drug-likeness (QED) is 0.615. The number of hydrogen-bond donors (Lipinski definition) is 0. The molecule has 1 aromatic heterocycles. The maximum Gasteiger partial charge on any atom is 0.150 e. The fourth-order valence-corrected chi connectivity index (χ4v) is 1.81. The van der Waals surface area contributed by atoms with Crippen LogP contribution in [0, 0.1) is 17.1 Å². The predicted molar refractivity (Wildman–Crippen MR) is 64.7 cm³/mol. The fraction of sp³-hybridized carbons (Fsp3) is 0. The SMILES string of the molecule is N#Cc1cc(-c2ccc(F)cc2C=O)cc(Cl)n1. The topological polar surface area (TPSA) is 53.8 Å². The predicted octanol–water partition coefficient (Wildman–Crippen LogP) is 3.23. The number of nitrogens with zero attached hydrogens (tertiary/aromatic N) is 2. The largest absolute Gasteiger partial charge is 0.298 e. The summed E-state index contributed by atoms with van der Waals surface area (Å²) >= 11 is 5.78. The van der Waals surface area contributed by atoms with E-state index in [1.807, 2.05) is 6.07 Å². The van der Waals surface area contributed by atoms with Crippen LogP contribution in [0.2, 0.25) is 5.15 Å². The number of pyridine rings is 1. The second-order valence-corrected chi connectivity index (χ2v) is 3.91. The molecule has 0 saturated heterocycles. The first-order chi connectivity index (χ1) is 8.63. The van der Waals surface area contributed by atoms with E-state index in [2.05, 4.69) is 4.98 Å². The number of carbonyl (C=O) groups excluding carboxylic acids is 1. The third-order valence-electron chi connectivity index (χ3n) is 2.36. The van der Waals surface area contributed by atoms with E-state index in [1.165, 1.54) is 24.3 Å². The molecule has 0 bridgehead atoms. The van der Waals surface area contributed by atoms with Crippen LogP contribution in [0.4, 0.5) is 4.39 Å². The number of carbonyl (C=O) groups is 1. The van der Waals surface area contributed by atoms with Crippen LogP contribution in [0.25, 0.3) is 11.1 Å². The maximum atomic E-state index is 13.0. The van der Waals surface area contributed by atoms with E-state index in [4.69, 9.17) is 16.9 Å². The lowest BCUT2D eigenvalue weighted by atomic mass is 10.0. The minimum atomic E-state index is -0.499. The van der Waals surface area contributed by atoms with Crippen LogP contribution in [0.15, 0.2) is 30.3 Å². The summed E-state index contributed by atoms with van der Waals surface area (Å²) in [6.45, 7) is 0. The summed E-state index contributed by atoms with van der Waals surface area (Å²) in [6, 6.07) is 8.71. The molecule has 88 valence electrons. The standard InChI is InChI=1S/C13H6ClFN2O/c14-13-5-8(4-11(6-16)17-13)12-2-1-10(15)3-9(12)7-18/h1-5,7H. The average molecular weight is 261 g/mol. The van der Waals surface area contributed by atoms with Crippen molar-refractivity contribution in [2.45, 2.75) is 0 Å². The van der Waals surface area contributed by atoms with Crippen molar-refractivity contribution in [2.75, 3.05) is 0 Å². The molecule has 0 aliphatic heterocycles. The van der Waals surface area contributed by atoms with Crippen LogP contribution in [-0.4, -0.2) is 11.3 Å². The van der Waals surface area contributed by atoms with Gasteiger partial charge in [-0.1, -0.05) is 17.7 Å². The van der Waals surface area contributed by atoms with Gasteiger partial charge in [-0.05, 0) is 35.4 Å². The van der Waals surface area contributed by atoms with Crippen molar-refractivity contribution in [3.63, 3.8) is 0 Å². The van der Waals surface area contributed by atoms with Crippen molar-refractivity contribution in [1.82, 2.24) is 4.98 Å². The number of halogens is 2. The molecule has 0 N–H and O–H groups in total. The molecule has 1 aromatic carbocycles. The van der Waals surface area contributed by atoms with Crippen molar-refractivity contribution >= 4 is 17.9 Å². The van der Waals surface area contributed by atoms with Crippen molar-refractivity contribution in [2.24, 2.45) is 0 Å². The molecular weight excluding hydrogens is 255 g/mol. The Kier molecular flexibility index (Phi) is 3.35. The van der Waals surface area contributed by atoms with Crippen LogP contribution in [0.5, 0.6) is 0 Å². The Labute approximate surface area is 107 Å². The number of hydrogen-bond acceptors (Lipinski definition) is 3. The zero-order chi connectivity index (χ0) is 13.1. The molecule has 2 rings (SSSR count). The molecule has 0 aliphatic rings. The van der Waals surface area contributed by atoms with E-state index < -0.39 is 5.82 Å². The van der Waals surface area contributed by atoms with Crippen LogP contribution < -0.4 is 0 Å². The highest BCUT2D eigenvalue weighted by Gasteiger charge is 2.09. The molecule has 5 heteroatoms. The Balaban J connectivity index is 2.65. The summed E-state index contributed by atoms with van der Waals surface area (Å²) in [6.07, 6.45) is 0.554. The molecule has 0 amide bonds. The summed E-state index contributed by atoms with van der Waals surface area (Å²) in [5.41, 5.74) is 1.39. The number of nitriles is 1. The molecular formula is C13H6ClFN2O. The van der Waals surface area contributed by atoms with Crippen molar-refractivity contribution < 1.29 is 9.18 Å². The molecule has 0 aliphatic carbocycles. The Bertz CT molecular complexity index is 665. The van der Waals surface area contributed by atoms with Gasteiger partial charge in [-0.15, -0.1) is 0 Å². The highest BCUT2D eigenvalue weighted by Crippen LogP contribution is 2.26. The van der Waals surface area contributed by atoms with Crippen LogP contribution in [-0.2, 0) is 0 Å². The first-order valence-corrected chi connectivity index (χ1v) is 5.34. The van der Waals surface area contributed by atoms with Crippen LogP contribution in [0.1, 0.15) is 16.1 Å². The lowest BCUT2D eigenvalue weighted by Crippen LogP contribution is -1.92. The van der Waals surface area contributed by atoms with E-state index in [1.54, 1.807) is 0 Å². The van der Waals surface area contributed by atoms with Gasteiger partial charge in [-0.3, -0.25) is 4.79 Å². The Morgan fingerprint density at radius 3 is 2.78 bits per heavy atom. The molecule has 18 heavy (non-hydrogen) atoms. The van der Waals surface area contributed by atoms with Gasteiger partial charge in [0.25, 0.3) is 0 Å². The lowest BCUT2D eigenvalue weighted by Gasteiger charge is -2.06. The highest BCUT2D eigenvalue weighted by atomic mass is 35.5. The maximum absolute atomic E-state index is 13.0. The molecule has 3 nitrogen and oxygen atoms in total. The van der Waals surface area contributed by atoms with Crippen LogP contribution >= 0.6 is 11.6 Å². The van der Waals surface area contributed by atoms with Gasteiger partial charge in [0, 0.05) is 5.56 Å². The van der Waals surface area contributed by atoms with Gasteiger partial charge in [-0.25, -0.2) is 9.37 Å². The van der Waals surface area contributed by atoms with Gasteiger partial charge in [0.1, 0.15) is 22.7 Å². The third-order valence-corrected chi connectivity index (χ3v) is 2.55. The molecule has 2 aromatic rings. The molecule has 0 saturated carbocycles. The fourth-order valence-electron chi connectivity index (χ4n) is 1.60. The first-order valence-electron chi connectivity index (χ1n) is 4.97. The number of benzene rings is 1. The first kappa shape index (κ1) is 12.2. The van der Waals surface area contributed by atoms with Gasteiger partial charge in [0.05, 0.1) is 0 Å². The molecule has 1 heterocycles. The van der Waals surface area contributed by atoms with Gasteiger partial charge in [-0.2, -0.15) is 5.26 Å². The van der Waals surface area contributed by atoms with Gasteiger partial charge < -0.3 is 0 Å². The van der Waals surface area contributed by atoms with Crippen LogP contribution in [0.3, 0.4) is 0 Å². The monoisotopic (exact) mass is 260 g/mol. The smallest absolute Gasteiger partial charge is 0.150 e. The van der Waals surface area contributed by atoms with E-state index in [9.17, 15) is 9.18 Å². The number of aromatic nitrogens is 1. The highest BCUT2D eigenvalue weighted by molar-refractivity contribution is 6.29. The van der Waals surface area contributed by atoms with Crippen molar-refractivity contribution in [3.8, 4) is 17.2 Å². The molecule has 0 fully saturated rings. The minimum Gasteiger partial charge on any atom is -0.298 e. The summed E-state index contributed by atoms with van der Waals surface area (Å²) in [7, 11) is 0. The Morgan fingerprint density at radius 2 is 2.11 bits per heavy atom. The minimum absolute atomic E-state index is 0.138. The van der Waals surface area contributed by atoms with Crippen molar-refractivity contribution in [1.29, 1.82) is 5.26 Å². The molecule has 0 atom stereocenters. The number of aldehydes is 1. The van der Waals surface area contributed by atoms with E-state index >= 15 is 0 Å². The lowest BCUT2D eigenvalue weighted by molar-refractivity contribution is 0.112. The van der Waals surface area contributed by atoms with E-state index in [0.29, 0.717) is 17.4 Å². The molecule has 0 spiro atoms. The van der Waals surface area contributed by atoms with E-state index in [-0.39, 0.29) is 16.4 Å². The average Bonchev–Trinajstić information content (AvgIpc) is 2.37. The summed E-state index contributed by atoms with van der Waals surface area (Å²) < 4.78 is 13.0. The second kappa shape index (κ2) is 4.94.